The predicted octanol–water partition coefficient (Wildman–Crippen LogP) is 4.28. The number of ether oxygens (including phenoxy) is 1. The molecule has 0 fully saturated rings. The fourth-order valence-electron chi connectivity index (χ4n) is 2.81. The monoisotopic (exact) mass is 551 g/mol. The van der Waals surface area contributed by atoms with Gasteiger partial charge in [0, 0.05) is 10.2 Å². The van der Waals surface area contributed by atoms with Gasteiger partial charge in [0.15, 0.2) is 0 Å². The van der Waals surface area contributed by atoms with E-state index in [-0.39, 0.29) is 33.6 Å². The summed E-state index contributed by atoms with van der Waals surface area (Å²) >= 11 is 9.33. The van der Waals surface area contributed by atoms with Crippen molar-refractivity contribution in [3.63, 3.8) is 0 Å². The second-order valence-corrected chi connectivity index (χ2v) is 9.57. The molecule has 0 unspecified atom stereocenters. The molecule has 8 nitrogen and oxygen atoms in total. The Morgan fingerprint density at radius 2 is 1.73 bits per heavy atom. The zero-order valence-electron chi connectivity index (χ0n) is 17.3. The van der Waals surface area contributed by atoms with Crippen LogP contribution in [-0.2, 0) is 14.8 Å². The van der Waals surface area contributed by atoms with E-state index in [9.17, 15) is 18.0 Å². The Morgan fingerprint density at radius 1 is 1.03 bits per heavy atom. The van der Waals surface area contributed by atoms with Gasteiger partial charge in [0.05, 0.1) is 29.9 Å². The van der Waals surface area contributed by atoms with Gasteiger partial charge in [-0.15, -0.1) is 0 Å². The molecule has 2 amide bonds. The lowest BCUT2D eigenvalue weighted by molar-refractivity contribution is -0.115. The van der Waals surface area contributed by atoms with E-state index in [0.29, 0.717) is 10.0 Å². The first-order chi connectivity index (χ1) is 15.7. The van der Waals surface area contributed by atoms with Crippen molar-refractivity contribution in [1.29, 1.82) is 0 Å². The van der Waals surface area contributed by atoms with Crippen LogP contribution in [0.5, 0.6) is 5.75 Å². The number of methoxy groups -OCH3 is 1. The van der Waals surface area contributed by atoms with Gasteiger partial charge in [-0.1, -0.05) is 35.9 Å². The maximum absolute atomic E-state index is 13.0. The number of hydrogen-bond acceptors (Lipinski definition) is 5. The van der Waals surface area contributed by atoms with E-state index < -0.39 is 21.8 Å². The van der Waals surface area contributed by atoms with E-state index in [1.165, 1.54) is 31.4 Å². The van der Waals surface area contributed by atoms with Gasteiger partial charge in [-0.3, -0.25) is 14.3 Å². The summed E-state index contributed by atoms with van der Waals surface area (Å²) in [5.74, 6) is -0.891. The van der Waals surface area contributed by atoms with Gasteiger partial charge in [0.2, 0.25) is 5.91 Å². The van der Waals surface area contributed by atoms with Crippen molar-refractivity contribution in [2.45, 2.75) is 4.90 Å². The Bertz CT molecular complexity index is 1300. The van der Waals surface area contributed by atoms with Crippen molar-refractivity contribution in [3.05, 3.63) is 81.8 Å². The van der Waals surface area contributed by atoms with Crippen molar-refractivity contribution in [2.24, 2.45) is 0 Å². The minimum Gasteiger partial charge on any atom is -0.495 e. The summed E-state index contributed by atoms with van der Waals surface area (Å²) in [5.41, 5.74) is 0.787. The van der Waals surface area contributed by atoms with Crippen LogP contribution in [0.1, 0.15) is 10.4 Å². The molecule has 0 radical (unpaired) electrons. The summed E-state index contributed by atoms with van der Waals surface area (Å²) in [7, 11) is -2.76. The molecular formula is C22H19BrClN3O5S. The number of benzene rings is 3. The van der Waals surface area contributed by atoms with Crippen LogP contribution in [0.4, 0.5) is 11.4 Å². The number of sulfonamides is 1. The van der Waals surface area contributed by atoms with Crippen LogP contribution in [0.25, 0.3) is 0 Å². The number of para-hydroxylation sites is 1. The maximum Gasteiger partial charge on any atom is 0.265 e. The fourth-order valence-corrected chi connectivity index (χ4v) is 4.79. The number of carbonyl (C=O) groups excluding carboxylic acids is 2. The van der Waals surface area contributed by atoms with E-state index in [1.54, 1.807) is 42.5 Å². The molecule has 3 rings (SSSR count). The Balaban J connectivity index is 1.73. The van der Waals surface area contributed by atoms with E-state index in [1.807, 2.05) is 0 Å². The molecule has 0 aliphatic heterocycles. The molecule has 33 heavy (non-hydrogen) atoms. The molecule has 0 spiro atoms. The first-order valence-corrected chi connectivity index (χ1v) is 12.1. The van der Waals surface area contributed by atoms with Gasteiger partial charge in [-0.2, -0.15) is 0 Å². The maximum atomic E-state index is 13.0. The van der Waals surface area contributed by atoms with Crippen molar-refractivity contribution >= 4 is 60.7 Å². The summed E-state index contributed by atoms with van der Waals surface area (Å²) in [5, 5.41) is 5.31. The summed E-state index contributed by atoms with van der Waals surface area (Å²) in [6.07, 6.45) is 0. The molecular weight excluding hydrogens is 534 g/mol. The van der Waals surface area contributed by atoms with Crippen molar-refractivity contribution in [3.8, 4) is 5.75 Å². The SMILES string of the molecule is COc1ccc(NC(=O)CNC(=O)c2ccccc2Br)cc1S(=O)(=O)Nc1ccccc1Cl. The lowest BCUT2D eigenvalue weighted by Crippen LogP contribution is -2.33. The first kappa shape index (κ1) is 24.6. The first-order valence-electron chi connectivity index (χ1n) is 9.49. The molecule has 0 heterocycles. The highest BCUT2D eigenvalue weighted by Crippen LogP contribution is 2.30. The molecule has 0 aliphatic rings. The van der Waals surface area contributed by atoms with Crippen LogP contribution in [-0.4, -0.2) is 33.9 Å². The van der Waals surface area contributed by atoms with Gasteiger partial charge in [0.1, 0.15) is 10.6 Å². The topological polar surface area (TPSA) is 114 Å². The lowest BCUT2D eigenvalue weighted by Gasteiger charge is -2.14. The molecule has 0 bridgehead atoms. The second-order valence-electron chi connectivity index (χ2n) is 6.66. The predicted molar refractivity (Wildman–Crippen MR) is 130 cm³/mol. The molecule has 3 aromatic carbocycles. The standard InChI is InChI=1S/C22H19BrClN3O5S/c1-32-19-11-10-14(12-20(19)33(30,31)27-18-9-5-4-8-17(18)24)26-21(28)13-25-22(29)15-6-2-3-7-16(15)23/h2-12,27H,13H2,1H3,(H,25,29)(H,26,28). The minimum absolute atomic E-state index is 0.0785. The molecule has 172 valence electrons. The highest BCUT2D eigenvalue weighted by atomic mass is 79.9. The van der Waals surface area contributed by atoms with Crippen LogP contribution < -0.4 is 20.1 Å². The lowest BCUT2D eigenvalue weighted by atomic mass is 10.2. The van der Waals surface area contributed by atoms with E-state index in [0.717, 1.165) is 0 Å². The number of amides is 2. The Hall–Kier alpha value is -3.08. The number of carbonyl (C=O) groups is 2. The fraction of sp³-hybridized carbons (Fsp3) is 0.0909. The van der Waals surface area contributed by atoms with Gasteiger partial charge in [-0.05, 0) is 58.4 Å². The molecule has 0 saturated carbocycles. The average molecular weight is 553 g/mol. The third-order valence-electron chi connectivity index (χ3n) is 4.38. The second kappa shape index (κ2) is 10.7. The zero-order valence-corrected chi connectivity index (χ0v) is 20.4. The third-order valence-corrected chi connectivity index (χ3v) is 6.79. The smallest absolute Gasteiger partial charge is 0.265 e. The summed E-state index contributed by atoms with van der Waals surface area (Å²) in [6.45, 7) is -0.313. The number of nitrogens with one attached hydrogen (secondary N) is 3. The van der Waals surface area contributed by atoms with Gasteiger partial charge >= 0.3 is 0 Å². The van der Waals surface area contributed by atoms with Crippen molar-refractivity contribution < 1.29 is 22.7 Å². The van der Waals surface area contributed by atoms with E-state index >= 15 is 0 Å². The molecule has 0 aromatic heterocycles. The molecule has 0 atom stereocenters. The zero-order chi connectivity index (χ0) is 24.0. The van der Waals surface area contributed by atoms with Crippen molar-refractivity contribution in [2.75, 3.05) is 23.7 Å². The number of rotatable bonds is 8. The average Bonchev–Trinajstić information content (AvgIpc) is 2.79. The van der Waals surface area contributed by atoms with Gasteiger partial charge in [0.25, 0.3) is 15.9 Å². The third kappa shape index (κ3) is 6.25. The molecule has 0 saturated heterocycles. The molecule has 0 aliphatic carbocycles. The Morgan fingerprint density at radius 3 is 2.42 bits per heavy atom. The number of hydrogen-bond donors (Lipinski definition) is 3. The minimum atomic E-state index is -4.09. The van der Waals surface area contributed by atoms with Crippen LogP contribution in [0.2, 0.25) is 5.02 Å². The highest BCUT2D eigenvalue weighted by Gasteiger charge is 2.22. The van der Waals surface area contributed by atoms with E-state index in [2.05, 4.69) is 31.3 Å². The largest absolute Gasteiger partial charge is 0.495 e. The Kier molecular flexibility index (Phi) is 7.96. The molecule has 3 N–H and O–H groups in total. The van der Waals surface area contributed by atoms with Crippen molar-refractivity contribution in [1.82, 2.24) is 5.32 Å². The number of halogens is 2. The van der Waals surface area contributed by atoms with Crippen LogP contribution >= 0.6 is 27.5 Å². The van der Waals surface area contributed by atoms with Crippen LogP contribution in [0, 0.1) is 0 Å². The quantitative estimate of drug-likeness (QED) is 0.386. The summed E-state index contributed by atoms with van der Waals surface area (Å²) in [4.78, 5) is 24.4. The molecule has 3 aromatic rings. The highest BCUT2D eigenvalue weighted by molar-refractivity contribution is 9.10. The normalized spacial score (nSPS) is 10.9. The van der Waals surface area contributed by atoms with Gasteiger partial charge < -0.3 is 15.4 Å². The van der Waals surface area contributed by atoms with Crippen LogP contribution in [0.3, 0.4) is 0 Å². The Labute approximate surface area is 204 Å². The summed E-state index contributed by atoms with van der Waals surface area (Å²) in [6, 6.07) is 17.3. The van der Waals surface area contributed by atoms with E-state index in [4.69, 9.17) is 16.3 Å². The number of anilines is 2. The van der Waals surface area contributed by atoms with Crippen LogP contribution in [0.15, 0.2) is 76.1 Å². The van der Waals surface area contributed by atoms with Gasteiger partial charge in [-0.25, -0.2) is 8.42 Å². The summed E-state index contributed by atoms with van der Waals surface area (Å²) < 4.78 is 34.1. The molecule has 11 heteroatoms.